The van der Waals surface area contributed by atoms with E-state index >= 15 is 0 Å². The molecule has 0 spiro atoms. The average molecular weight is 336 g/mol. The average Bonchev–Trinajstić information content (AvgIpc) is 3.28. The van der Waals surface area contributed by atoms with E-state index in [0.29, 0.717) is 6.54 Å². The zero-order valence-corrected chi connectivity index (χ0v) is 14.9. The van der Waals surface area contributed by atoms with Crippen molar-refractivity contribution in [1.29, 1.82) is 0 Å². The Balaban J connectivity index is 1.69. The summed E-state index contributed by atoms with van der Waals surface area (Å²) in [7, 11) is 5.91. The van der Waals surface area contributed by atoms with Crippen molar-refractivity contribution in [1.82, 2.24) is 24.3 Å². The van der Waals surface area contributed by atoms with Crippen molar-refractivity contribution in [3.63, 3.8) is 0 Å². The number of aromatic nitrogens is 3. The van der Waals surface area contributed by atoms with Gasteiger partial charge in [-0.3, -0.25) is 4.99 Å². The highest BCUT2D eigenvalue weighted by atomic mass is 15.3. The van der Waals surface area contributed by atoms with Crippen molar-refractivity contribution in [3.8, 4) is 5.69 Å². The lowest BCUT2D eigenvalue weighted by atomic mass is 10.1. The molecule has 130 valence electrons. The van der Waals surface area contributed by atoms with E-state index in [4.69, 9.17) is 0 Å². The third-order valence-corrected chi connectivity index (χ3v) is 4.24. The number of para-hydroxylation sites is 1. The lowest BCUT2D eigenvalue weighted by molar-refractivity contribution is 0.461. The molecule has 3 aromatic rings. The molecule has 0 radical (unpaired) electrons. The van der Waals surface area contributed by atoms with Crippen LogP contribution in [0.5, 0.6) is 0 Å². The minimum Gasteiger partial charge on any atom is -0.353 e. The van der Waals surface area contributed by atoms with Crippen LogP contribution in [0.4, 0.5) is 0 Å². The molecule has 0 unspecified atom stereocenters. The SMILES string of the molecule is CN=C(NCc1ccccc1-n1ccnc1)N(C)Cc1cccn1C. The first-order valence-electron chi connectivity index (χ1n) is 8.27. The molecule has 0 aliphatic rings. The number of nitrogens with one attached hydrogen (secondary N) is 1. The number of nitrogens with zero attached hydrogens (tertiary/aromatic N) is 5. The first-order valence-corrected chi connectivity index (χ1v) is 8.27. The zero-order valence-electron chi connectivity index (χ0n) is 14.9. The molecule has 1 N–H and O–H groups in total. The van der Waals surface area contributed by atoms with Gasteiger partial charge in [-0.15, -0.1) is 0 Å². The smallest absolute Gasteiger partial charge is 0.194 e. The minimum atomic E-state index is 0.693. The highest BCUT2D eigenvalue weighted by Crippen LogP contribution is 2.14. The highest BCUT2D eigenvalue weighted by Gasteiger charge is 2.10. The number of benzene rings is 1. The van der Waals surface area contributed by atoms with E-state index in [1.165, 1.54) is 11.3 Å². The van der Waals surface area contributed by atoms with Crippen LogP contribution in [0.1, 0.15) is 11.3 Å². The summed E-state index contributed by atoms with van der Waals surface area (Å²) in [4.78, 5) is 10.7. The summed E-state index contributed by atoms with van der Waals surface area (Å²) in [6.07, 6.45) is 7.61. The standard InChI is InChI=1S/C19H24N6/c1-20-19(24(3)14-17-8-6-11-23(17)2)22-13-16-7-4-5-9-18(16)25-12-10-21-15-25/h4-12,15H,13-14H2,1-3H3,(H,20,22). The van der Waals surface area contributed by atoms with E-state index in [9.17, 15) is 0 Å². The summed E-state index contributed by atoms with van der Waals surface area (Å²) in [6, 6.07) is 12.5. The Morgan fingerprint density at radius 2 is 2.04 bits per heavy atom. The predicted molar refractivity (Wildman–Crippen MR) is 101 cm³/mol. The van der Waals surface area contributed by atoms with E-state index < -0.39 is 0 Å². The molecule has 1 aromatic carbocycles. The van der Waals surface area contributed by atoms with Crippen LogP contribution < -0.4 is 5.32 Å². The van der Waals surface area contributed by atoms with Crippen LogP contribution in [0.15, 0.2) is 66.3 Å². The summed E-state index contributed by atoms with van der Waals surface area (Å²) < 4.78 is 4.14. The molecule has 0 aliphatic carbocycles. The number of guanidine groups is 1. The molecule has 0 amide bonds. The van der Waals surface area contributed by atoms with E-state index in [-0.39, 0.29) is 0 Å². The van der Waals surface area contributed by atoms with E-state index in [1.807, 2.05) is 43.3 Å². The van der Waals surface area contributed by atoms with Crippen molar-refractivity contribution >= 4 is 5.96 Å². The molecule has 3 rings (SSSR count). The quantitative estimate of drug-likeness (QED) is 0.575. The number of hydrogen-bond acceptors (Lipinski definition) is 2. The lowest BCUT2D eigenvalue weighted by Crippen LogP contribution is -2.38. The number of aliphatic imine (C=N–C) groups is 1. The highest BCUT2D eigenvalue weighted by molar-refractivity contribution is 5.79. The van der Waals surface area contributed by atoms with Crippen molar-refractivity contribution in [2.45, 2.75) is 13.1 Å². The number of imidazole rings is 1. The lowest BCUT2D eigenvalue weighted by Gasteiger charge is -2.23. The van der Waals surface area contributed by atoms with Crippen molar-refractivity contribution in [2.24, 2.45) is 12.0 Å². The Bertz CT molecular complexity index is 831. The Morgan fingerprint density at radius 1 is 1.20 bits per heavy atom. The molecule has 25 heavy (non-hydrogen) atoms. The Hall–Kier alpha value is -3.02. The normalized spacial score (nSPS) is 11.6. The van der Waals surface area contributed by atoms with Gasteiger partial charge in [-0.05, 0) is 23.8 Å². The molecular formula is C19H24N6. The third-order valence-electron chi connectivity index (χ3n) is 4.24. The fourth-order valence-electron chi connectivity index (χ4n) is 2.85. The summed E-state index contributed by atoms with van der Waals surface area (Å²) >= 11 is 0. The van der Waals surface area contributed by atoms with Gasteiger partial charge in [-0.1, -0.05) is 18.2 Å². The van der Waals surface area contributed by atoms with Crippen LogP contribution in [0.25, 0.3) is 5.69 Å². The van der Waals surface area contributed by atoms with Crippen LogP contribution in [0.2, 0.25) is 0 Å². The molecule has 0 atom stereocenters. The molecular weight excluding hydrogens is 312 g/mol. The molecule has 0 bridgehead atoms. The van der Waals surface area contributed by atoms with E-state index in [1.54, 1.807) is 6.20 Å². The van der Waals surface area contributed by atoms with Gasteiger partial charge in [0.05, 0.1) is 18.6 Å². The van der Waals surface area contributed by atoms with Crippen LogP contribution in [-0.2, 0) is 20.1 Å². The van der Waals surface area contributed by atoms with Crippen molar-refractivity contribution < 1.29 is 0 Å². The molecule has 0 fully saturated rings. The number of aryl methyl sites for hydroxylation is 1. The van der Waals surface area contributed by atoms with Crippen LogP contribution in [0.3, 0.4) is 0 Å². The second-order valence-corrected chi connectivity index (χ2v) is 5.97. The largest absolute Gasteiger partial charge is 0.353 e. The van der Waals surface area contributed by atoms with E-state index in [0.717, 1.165) is 18.2 Å². The number of hydrogen-bond donors (Lipinski definition) is 1. The van der Waals surface area contributed by atoms with Crippen LogP contribution >= 0.6 is 0 Å². The van der Waals surface area contributed by atoms with Gasteiger partial charge in [0.25, 0.3) is 0 Å². The molecule has 0 saturated carbocycles. The minimum absolute atomic E-state index is 0.693. The summed E-state index contributed by atoms with van der Waals surface area (Å²) in [6.45, 7) is 1.49. The Labute approximate surface area is 148 Å². The van der Waals surface area contributed by atoms with Gasteiger partial charge in [0.1, 0.15) is 0 Å². The zero-order chi connectivity index (χ0) is 17.6. The maximum atomic E-state index is 4.41. The van der Waals surface area contributed by atoms with Gasteiger partial charge in [0.2, 0.25) is 0 Å². The first-order chi connectivity index (χ1) is 12.2. The summed E-state index contributed by atoms with van der Waals surface area (Å²) in [5, 5.41) is 3.45. The number of rotatable bonds is 5. The Kier molecular flexibility index (Phi) is 5.18. The fraction of sp³-hybridized carbons (Fsp3) is 0.263. The van der Waals surface area contributed by atoms with Gasteiger partial charge in [0, 0.05) is 52.0 Å². The van der Waals surface area contributed by atoms with Crippen molar-refractivity contribution in [3.05, 3.63) is 72.6 Å². The topological polar surface area (TPSA) is 50.4 Å². The monoisotopic (exact) mass is 336 g/mol. The van der Waals surface area contributed by atoms with Crippen LogP contribution in [0, 0.1) is 0 Å². The van der Waals surface area contributed by atoms with Gasteiger partial charge < -0.3 is 19.4 Å². The molecule has 0 aliphatic heterocycles. The van der Waals surface area contributed by atoms with Crippen LogP contribution in [-0.4, -0.2) is 39.1 Å². The molecule has 0 saturated heterocycles. The van der Waals surface area contributed by atoms with Gasteiger partial charge in [-0.25, -0.2) is 4.98 Å². The maximum Gasteiger partial charge on any atom is 0.194 e. The van der Waals surface area contributed by atoms with Gasteiger partial charge in [-0.2, -0.15) is 0 Å². The Morgan fingerprint density at radius 3 is 2.72 bits per heavy atom. The summed E-state index contributed by atoms with van der Waals surface area (Å²) in [5.74, 6) is 0.863. The molecule has 2 heterocycles. The third kappa shape index (κ3) is 3.91. The second-order valence-electron chi connectivity index (χ2n) is 5.97. The molecule has 6 heteroatoms. The first kappa shape index (κ1) is 16.8. The fourth-order valence-corrected chi connectivity index (χ4v) is 2.85. The summed E-state index contributed by atoms with van der Waals surface area (Å²) in [5.41, 5.74) is 3.55. The molecule has 6 nitrogen and oxygen atoms in total. The van der Waals surface area contributed by atoms with Gasteiger partial charge in [0.15, 0.2) is 5.96 Å². The second kappa shape index (κ2) is 7.70. The maximum absolute atomic E-state index is 4.41. The predicted octanol–water partition coefficient (Wildman–Crippen LogP) is 2.42. The van der Waals surface area contributed by atoms with E-state index in [2.05, 4.69) is 62.3 Å². The van der Waals surface area contributed by atoms with Crippen molar-refractivity contribution in [2.75, 3.05) is 14.1 Å². The molecule has 2 aromatic heterocycles. The van der Waals surface area contributed by atoms with Gasteiger partial charge >= 0.3 is 0 Å².